The van der Waals surface area contributed by atoms with Gasteiger partial charge in [0.05, 0.1) is 18.8 Å². The van der Waals surface area contributed by atoms with Gasteiger partial charge in [-0.15, -0.1) is 0 Å². The van der Waals surface area contributed by atoms with Crippen LogP contribution in [0, 0.1) is 0 Å². The normalized spacial score (nSPS) is 13.5. The second kappa shape index (κ2) is 51.5. The number of nitrogens with one attached hydrogen (secondary N) is 1. The molecule has 0 heterocycles. The summed E-state index contributed by atoms with van der Waals surface area (Å²) in [5.74, 6) is -0.144. The number of aliphatic hydroxyl groups excluding tert-OH is 3. The maximum absolute atomic E-state index is 12.4. The van der Waals surface area contributed by atoms with Gasteiger partial charge < -0.3 is 20.6 Å². The Morgan fingerprint density at radius 1 is 0.410 bits per heavy atom. The number of aliphatic hydroxyl groups is 3. The van der Waals surface area contributed by atoms with Crippen molar-refractivity contribution in [2.75, 3.05) is 6.61 Å². The Balaban J connectivity index is 3.40. The molecule has 0 aliphatic rings. The standard InChI is InChI=1S/C56H109NO4/c1-3-5-7-9-11-13-14-15-16-17-18-19-20-21-22-23-24-25-26-27-28-29-30-31-32-33-34-35-36-37-38-39-40-41-42-43-45-47-49-51-55(60)57-53(52-58)56(61)54(59)50-48-46-44-12-10-8-6-4-2/h24-25,27-28,53-54,56,58-59,61H,3-23,26,29-52H2,1-2H3,(H,57,60)/b25-24-,28-27-. The van der Waals surface area contributed by atoms with Gasteiger partial charge in [0.15, 0.2) is 0 Å². The van der Waals surface area contributed by atoms with E-state index in [9.17, 15) is 20.1 Å². The van der Waals surface area contributed by atoms with Crippen LogP contribution in [0.5, 0.6) is 0 Å². The molecule has 3 atom stereocenters. The van der Waals surface area contributed by atoms with Crippen molar-refractivity contribution in [3.63, 3.8) is 0 Å². The summed E-state index contributed by atoms with van der Waals surface area (Å²) in [7, 11) is 0. The van der Waals surface area contributed by atoms with Crippen molar-refractivity contribution in [1.82, 2.24) is 5.32 Å². The number of allylic oxidation sites excluding steroid dienone is 4. The fourth-order valence-electron chi connectivity index (χ4n) is 8.78. The third-order valence-corrected chi connectivity index (χ3v) is 13.1. The molecular formula is C56H109NO4. The van der Waals surface area contributed by atoms with Crippen LogP contribution in [0.15, 0.2) is 24.3 Å². The molecular weight excluding hydrogens is 751 g/mol. The topological polar surface area (TPSA) is 89.8 Å². The molecule has 362 valence electrons. The van der Waals surface area contributed by atoms with Gasteiger partial charge in [0.1, 0.15) is 6.10 Å². The smallest absolute Gasteiger partial charge is 0.220 e. The molecule has 0 aliphatic heterocycles. The number of rotatable bonds is 51. The van der Waals surface area contributed by atoms with Gasteiger partial charge in [0, 0.05) is 6.42 Å². The van der Waals surface area contributed by atoms with E-state index in [1.54, 1.807) is 0 Å². The molecule has 0 aromatic heterocycles. The van der Waals surface area contributed by atoms with Gasteiger partial charge in [0.2, 0.25) is 5.91 Å². The molecule has 0 bridgehead atoms. The maximum atomic E-state index is 12.4. The summed E-state index contributed by atoms with van der Waals surface area (Å²) >= 11 is 0. The number of carbonyl (C=O) groups excluding carboxylic acids is 1. The van der Waals surface area contributed by atoms with E-state index >= 15 is 0 Å². The molecule has 0 rings (SSSR count). The number of carbonyl (C=O) groups is 1. The van der Waals surface area contributed by atoms with E-state index in [1.807, 2.05) is 0 Å². The molecule has 0 aromatic carbocycles. The van der Waals surface area contributed by atoms with Crippen molar-refractivity contribution in [3.05, 3.63) is 24.3 Å². The lowest BCUT2D eigenvalue weighted by Crippen LogP contribution is -2.50. The summed E-state index contributed by atoms with van der Waals surface area (Å²) < 4.78 is 0. The second-order valence-corrected chi connectivity index (χ2v) is 19.1. The lowest BCUT2D eigenvalue weighted by atomic mass is 9.99. The quantitative estimate of drug-likeness (QED) is 0.0362. The summed E-state index contributed by atoms with van der Waals surface area (Å²) in [4.78, 5) is 12.4. The molecule has 61 heavy (non-hydrogen) atoms. The summed E-state index contributed by atoms with van der Waals surface area (Å²) in [5.41, 5.74) is 0. The van der Waals surface area contributed by atoms with Gasteiger partial charge in [-0.05, 0) is 44.9 Å². The highest BCUT2D eigenvalue weighted by molar-refractivity contribution is 5.76. The Morgan fingerprint density at radius 2 is 0.705 bits per heavy atom. The fourth-order valence-corrected chi connectivity index (χ4v) is 8.78. The molecule has 0 saturated carbocycles. The van der Waals surface area contributed by atoms with Crippen LogP contribution in [-0.4, -0.2) is 46.1 Å². The minimum Gasteiger partial charge on any atom is -0.394 e. The van der Waals surface area contributed by atoms with Gasteiger partial charge >= 0.3 is 0 Å². The Kier molecular flexibility index (Phi) is 50.5. The largest absolute Gasteiger partial charge is 0.394 e. The molecule has 0 radical (unpaired) electrons. The van der Waals surface area contributed by atoms with Crippen LogP contribution in [0.1, 0.15) is 303 Å². The average molecular weight is 860 g/mol. The highest BCUT2D eigenvalue weighted by Crippen LogP contribution is 2.17. The van der Waals surface area contributed by atoms with Crippen LogP contribution >= 0.6 is 0 Å². The molecule has 1 amide bonds. The Hall–Kier alpha value is -1.17. The fraction of sp³-hybridized carbons (Fsp3) is 0.911. The first kappa shape index (κ1) is 59.8. The van der Waals surface area contributed by atoms with E-state index in [-0.39, 0.29) is 12.5 Å². The Morgan fingerprint density at radius 3 is 1.03 bits per heavy atom. The van der Waals surface area contributed by atoms with E-state index in [4.69, 9.17) is 0 Å². The average Bonchev–Trinajstić information content (AvgIpc) is 3.26. The predicted octanol–water partition coefficient (Wildman–Crippen LogP) is 16.9. The number of hydrogen-bond acceptors (Lipinski definition) is 4. The highest BCUT2D eigenvalue weighted by atomic mass is 16.3. The van der Waals surface area contributed by atoms with Crippen LogP contribution in [0.4, 0.5) is 0 Å². The van der Waals surface area contributed by atoms with Crippen LogP contribution in [0.3, 0.4) is 0 Å². The van der Waals surface area contributed by atoms with Crippen molar-refractivity contribution in [3.8, 4) is 0 Å². The van der Waals surface area contributed by atoms with E-state index < -0.39 is 18.2 Å². The van der Waals surface area contributed by atoms with Crippen LogP contribution < -0.4 is 5.32 Å². The van der Waals surface area contributed by atoms with Gasteiger partial charge in [-0.25, -0.2) is 0 Å². The Labute approximate surface area is 382 Å². The zero-order valence-corrected chi connectivity index (χ0v) is 41.3. The van der Waals surface area contributed by atoms with Gasteiger partial charge in [0.25, 0.3) is 0 Å². The van der Waals surface area contributed by atoms with Crippen LogP contribution in [-0.2, 0) is 4.79 Å². The van der Waals surface area contributed by atoms with Crippen LogP contribution in [0.25, 0.3) is 0 Å². The van der Waals surface area contributed by atoms with E-state index in [0.717, 1.165) is 44.9 Å². The number of amides is 1. The zero-order valence-electron chi connectivity index (χ0n) is 41.3. The monoisotopic (exact) mass is 860 g/mol. The third kappa shape index (κ3) is 46.6. The van der Waals surface area contributed by atoms with E-state index in [2.05, 4.69) is 43.5 Å². The third-order valence-electron chi connectivity index (χ3n) is 13.1. The number of unbranched alkanes of at least 4 members (excludes halogenated alkanes) is 39. The molecule has 0 aliphatic carbocycles. The maximum Gasteiger partial charge on any atom is 0.220 e. The summed E-state index contributed by atoms with van der Waals surface area (Å²) in [5, 5.41) is 33.4. The SMILES string of the molecule is CCCCCCCCCCCCCCCCC/C=C\C/C=C\CCCCCCCCCCCCCCCCCCCC(=O)NC(CO)C(O)C(O)CCCCCCCCCC. The van der Waals surface area contributed by atoms with Crippen molar-refractivity contribution >= 4 is 5.91 Å². The first-order chi connectivity index (χ1) is 30.1. The minimum absolute atomic E-state index is 0.144. The Bertz CT molecular complexity index is 905. The first-order valence-corrected chi connectivity index (χ1v) is 27.6. The van der Waals surface area contributed by atoms with Crippen molar-refractivity contribution in [2.24, 2.45) is 0 Å². The lowest BCUT2D eigenvalue weighted by molar-refractivity contribution is -0.124. The lowest BCUT2D eigenvalue weighted by Gasteiger charge is -2.26. The van der Waals surface area contributed by atoms with Crippen LogP contribution in [0.2, 0.25) is 0 Å². The first-order valence-electron chi connectivity index (χ1n) is 27.6. The number of hydrogen-bond donors (Lipinski definition) is 4. The molecule has 4 N–H and O–H groups in total. The van der Waals surface area contributed by atoms with Crippen molar-refractivity contribution in [2.45, 2.75) is 321 Å². The van der Waals surface area contributed by atoms with E-state index in [0.29, 0.717) is 12.8 Å². The summed E-state index contributed by atoms with van der Waals surface area (Å²) in [6.07, 6.45) is 65.1. The predicted molar refractivity (Wildman–Crippen MR) is 268 cm³/mol. The van der Waals surface area contributed by atoms with Gasteiger partial charge in [-0.2, -0.15) is 0 Å². The van der Waals surface area contributed by atoms with Gasteiger partial charge in [-0.3, -0.25) is 4.79 Å². The molecule has 0 saturated heterocycles. The molecule has 5 heteroatoms. The summed E-state index contributed by atoms with van der Waals surface area (Å²) in [6.45, 7) is 4.16. The molecule has 5 nitrogen and oxygen atoms in total. The van der Waals surface area contributed by atoms with Crippen molar-refractivity contribution in [1.29, 1.82) is 0 Å². The molecule has 0 spiro atoms. The highest BCUT2D eigenvalue weighted by Gasteiger charge is 2.26. The second-order valence-electron chi connectivity index (χ2n) is 19.1. The molecule has 0 aromatic rings. The molecule has 3 unspecified atom stereocenters. The van der Waals surface area contributed by atoms with Crippen molar-refractivity contribution < 1.29 is 20.1 Å². The van der Waals surface area contributed by atoms with Gasteiger partial charge in [-0.1, -0.05) is 276 Å². The summed E-state index contributed by atoms with van der Waals surface area (Å²) in [6, 6.07) is -0.805. The minimum atomic E-state index is -1.13. The van der Waals surface area contributed by atoms with E-state index in [1.165, 1.54) is 231 Å². The zero-order chi connectivity index (χ0) is 44.4. The molecule has 0 fully saturated rings.